The monoisotopic (exact) mass is 502 g/mol. The first-order valence-corrected chi connectivity index (χ1v) is 12.8. The topological polar surface area (TPSA) is 119 Å². The average Bonchev–Trinajstić information content (AvgIpc) is 2.81. The van der Waals surface area contributed by atoms with E-state index in [1.807, 2.05) is 0 Å². The lowest BCUT2D eigenvalue weighted by atomic mass is 10.1. The molecule has 35 heavy (non-hydrogen) atoms. The van der Waals surface area contributed by atoms with Crippen LogP contribution in [0.15, 0.2) is 0 Å². The Morgan fingerprint density at radius 3 is 1.91 bits per heavy atom. The minimum atomic E-state index is -4.80. The van der Waals surface area contributed by atoms with Crippen LogP contribution < -0.4 is 0 Å². The van der Waals surface area contributed by atoms with E-state index in [4.69, 9.17) is 19.3 Å². The Kier molecular flexibility index (Phi) is 19.5. The number of phosphoric acid groups is 1. The molecule has 0 aromatic carbocycles. The summed E-state index contributed by atoms with van der Waals surface area (Å²) in [7, 11) is -4.80. The Labute approximate surface area is 208 Å². The summed E-state index contributed by atoms with van der Waals surface area (Å²) in [4.78, 5) is 41.5. The number of ether oxygens (including phenoxy) is 2. The minimum Gasteiger partial charge on any atom is -0.456 e. The first-order chi connectivity index (χ1) is 16.8. The summed E-state index contributed by atoms with van der Waals surface area (Å²) in [5.41, 5.74) is 0. The zero-order valence-electron chi connectivity index (χ0n) is 20.1. The van der Waals surface area contributed by atoms with Crippen LogP contribution >= 0.6 is 7.82 Å². The van der Waals surface area contributed by atoms with Crippen LogP contribution in [0.3, 0.4) is 0 Å². The van der Waals surface area contributed by atoms with Gasteiger partial charge in [-0.05, 0) is 60.7 Å². The summed E-state index contributed by atoms with van der Waals surface area (Å²) in [6.45, 7) is 2.67. The van der Waals surface area contributed by atoms with E-state index in [1.165, 1.54) is 25.7 Å². The summed E-state index contributed by atoms with van der Waals surface area (Å²) < 4.78 is 25.4. The quantitative estimate of drug-likeness (QED) is 0.115. The van der Waals surface area contributed by atoms with Crippen LogP contribution in [0, 0.1) is 59.2 Å². The van der Waals surface area contributed by atoms with Crippen molar-refractivity contribution in [2.75, 3.05) is 13.2 Å². The van der Waals surface area contributed by atoms with Gasteiger partial charge in [-0.15, -0.1) is 0 Å². The smallest absolute Gasteiger partial charge is 0.456 e. The van der Waals surface area contributed by atoms with Gasteiger partial charge in [-0.1, -0.05) is 57.8 Å². The van der Waals surface area contributed by atoms with E-state index in [1.54, 1.807) is 6.92 Å². The van der Waals surface area contributed by atoms with E-state index in [-0.39, 0.29) is 6.42 Å². The van der Waals surface area contributed by atoms with Gasteiger partial charge in [-0.3, -0.25) is 9.32 Å². The van der Waals surface area contributed by atoms with Crippen LogP contribution in [0.25, 0.3) is 0 Å². The molecule has 0 radical (unpaired) electrons. The molecule has 0 aromatic heterocycles. The molecule has 0 aliphatic heterocycles. The summed E-state index contributed by atoms with van der Waals surface area (Å²) in [5, 5.41) is 0. The van der Waals surface area contributed by atoms with Gasteiger partial charge in [-0.25, -0.2) is 9.36 Å². The normalized spacial score (nSPS) is 10.2. The Hall–Kier alpha value is -3.15. The molecule has 9 heteroatoms. The van der Waals surface area contributed by atoms with Gasteiger partial charge >= 0.3 is 19.8 Å². The van der Waals surface area contributed by atoms with Gasteiger partial charge in [0.1, 0.15) is 6.61 Å². The number of carbonyl (C=O) groups is 2. The van der Waals surface area contributed by atoms with Gasteiger partial charge in [0.2, 0.25) is 0 Å². The highest BCUT2D eigenvalue weighted by Gasteiger charge is 2.22. The van der Waals surface area contributed by atoms with Gasteiger partial charge in [-0.2, -0.15) is 0 Å². The van der Waals surface area contributed by atoms with Gasteiger partial charge in [0.25, 0.3) is 0 Å². The molecule has 2 N–H and O–H groups in total. The van der Waals surface area contributed by atoms with E-state index >= 15 is 0 Å². The molecule has 0 aliphatic carbocycles. The molecule has 8 nitrogen and oxygen atoms in total. The highest BCUT2D eigenvalue weighted by atomic mass is 31.2. The third kappa shape index (κ3) is 23.8. The number of unbranched alkanes of at least 4 members (excludes halogenated alkanes) is 7. The van der Waals surface area contributed by atoms with Crippen LogP contribution in [0.4, 0.5) is 0 Å². The second-order valence-corrected chi connectivity index (χ2v) is 8.34. The van der Waals surface area contributed by atoms with E-state index in [0.29, 0.717) is 6.42 Å². The maximum absolute atomic E-state index is 12.1. The first-order valence-electron chi connectivity index (χ1n) is 11.3. The van der Waals surface area contributed by atoms with Crippen molar-refractivity contribution in [3.8, 4) is 59.2 Å². The number of phosphoric ester groups is 1. The summed E-state index contributed by atoms with van der Waals surface area (Å²) >= 11 is 0. The van der Waals surface area contributed by atoms with Crippen molar-refractivity contribution in [2.45, 2.75) is 77.7 Å². The second-order valence-electron chi connectivity index (χ2n) is 7.10. The number of rotatable bonds is 15. The third-order valence-corrected chi connectivity index (χ3v) is 4.57. The largest absolute Gasteiger partial charge is 0.469 e. The minimum absolute atomic E-state index is 0.140. The number of hydrogen-bond donors (Lipinski definition) is 2. The fourth-order valence-corrected chi connectivity index (χ4v) is 2.84. The molecule has 0 rings (SSSR count). The van der Waals surface area contributed by atoms with Crippen molar-refractivity contribution < 1.29 is 37.9 Å². The van der Waals surface area contributed by atoms with Crippen LogP contribution in [-0.4, -0.2) is 41.0 Å². The Balaban J connectivity index is 4.55. The number of carbonyl (C=O) groups excluding carboxylic acids is 2. The van der Waals surface area contributed by atoms with Crippen LogP contribution in [0.1, 0.15) is 71.6 Å². The molecule has 0 saturated heterocycles. The Morgan fingerprint density at radius 1 is 0.800 bits per heavy atom. The van der Waals surface area contributed by atoms with Crippen molar-refractivity contribution in [2.24, 2.45) is 0 Å². The molecular weight excluding hydrogens is 471 g/mol. The molecule has 0 spiro atoms. The van der Waals surface area contributed by atoms with E-state index in [2.05, 4.69) is 70.7 Å². The third-order valence-electron chi connectivity index (χ3n) is 4.09. The molecule has 0 aliphatic rings. The lowest BCUT2D eigenvalue weighted by Gasteiger charge is -2.17. The molecular formula is C26H31O8P. The predicted molar refractivity (Wildman–Crippen MR) is 131 cm³/mol. The lowest BCUT2D eigenvalue weighted by molar-refractivity contribution is -0.158. The fourth-order valence-electron chi connectivity index (χ4n) is 2.48. The maximum atomic E-state index is 12.1. The highest BCUT2D eigenvalue weighted by molar-refractivity contribution is 7.46. The van der Waals surface area contributed by atoms with E-state index < -0.39 is 39.1 Å². The molecule has 0 saturated carbocycles. The summed E-state index contributed by atoms with van der Waals surface area (Å²) in [5.74, 6) is 22.3. The van der Waals surface area contributed by atoms with Crippen molar-refractivity contribution in [1.82, 2.24) is 0 Å². The zero-order valence-corrected chi connectivity index (χ0v) is 21.0. The van der Waals surface area contributed by atoms with E-state index in [9.17, 15) is 14.2 Å². The fraction of sp³-hybridized carbons (Fsp3) is 0.538. The van der Waals surface area contributed by atoms with Gasteiger partial charge in [0.15, 0.2) is 6.10 Å². The van der Waals surface area contributed by atoms with Crippen molar-refractivity contribution in [1.29, 1.82) is 0 Å². The van der Waals surface area contributed by atoms with E-state index in [0.717, 1.165) is 19.3 Å². The Morgan fingerprint density at radius 2 is 1.34 bits per heavy atom. The standard InChI is InChI=1S/C26H31O8P/c1-3-5-7-9-11-13-15-16-18-20-25(27)32-22-24(23-33-35(29,30)31)34-26(28)21-19-17-14-12-10-8-6-4-2/h24H,4,6,8,10,12,14,17,19,21-23H2,1-2H3,(H2,29,30,31)/t24-/m0/s1. The molecule has 0 heterocycles. The predicted octanol–water partition coefficient (Wildman–Crippen LogP) is 3.12. The molecule has 0 fully saturated rings. The molecule has 1 atom stereocenters. The van der Waals surface area contributed by atoms with Crippen molar-refractivity contribution in [3.05, 3.63) is 0 Å². The summed E-state index contributed by atoms with van der Waals surface area (Å²) in [6.07, 6.45) is 7.40. The van der Waals surface area contributed by atoms with Gasteiger partial charge in [0.05, 0.1) is 6.61 Å². The van der Waals surface area contributed by atoms with Crippen LogP contribution in [0.5, 0.6) is 0 Å². The molecule has 0 bridgehead atoms. The van der Waals surface area contributed by atoms with Crippen LogP contribution in [-0.2, 0) is 28.2 Å². The highest BCUT2D eigenvalue weighted by Crippen LogP contribution is 2.35. The SMILES string of the molecule is CC#CC#CC#CC#CC#CC(=O)OC[C@@H](COP(=O)(O)O)OC(=O)CCCCCCCCCC. The zero-order chi connectivity index (χ0) is 26.2. The number of hydrogen-bond acceptors (Lipinski definition) is 6. The first kappa shape index (κ1) is 31.8. The van der Waals surface area contributed by atoms with Crippen molar-refractivity contribution >= 4 is 19.8 Å². The van der Waals surface area contributed by atoms with Crippen LogP contribution in [0.2, 0.25) is 0 Å². The average molecular weight is 503 g/mol. The molecule has 0 amide bonds. The van der Waals surface area contributed by atoms with Crippen molar-refractivity contribution in [3.63, 3.8) is 0 Å². The maximum Gasteiger partial charge on any atom is 0.469 e. The van der Waals surface area contributed by atoms with Gasteiger partial charge in [0, 0.05) is 12.3 Å². The molecule has 0 aromatic rings. The lowest BCUT2D eigenvalue weighted by Crippen LogP contribution is -2.29. The second kappa shape index (κ2) is 21.4. The Bertz CT molecular complexity index is 1020. The molecule has 188 valence electrons. The van der Waals surface area contributed by atoms with Gasteiger partial charge < -0.3 is 19.3 Å². The summed E-state index contributed by atoms with van der Waals surface area (Å²) in [6, 6.07) is 0. The molecule has 0 unspecified atom stereocenters. The number of esters is 2.